The molecule has 0 spiro atoms. The number of rotatable bonds is 4. The molecule has 14 heavy (non-hydrogen) atoms. The molecule has 0 aliphatic heterocycles. The number of benzene rings is 1. The third-order valence-corrected chi connectivity index (χ3v) is 2.07. The maximum absolute atomic E-state index is 9.49. The number of hydrogen-bond acceptors (Lipinski definition) is 3. The molecule has 0 aliphatic rings. The quantitative estimate of drug-likeness (QED) is 0.718. The van der Waals surface area contributed by atoms with Crippen LogP contribution in [0.15, 0.2) is 24.3 Å². The molecule has 0 aromatic heterocycles. The largest absolute Gasteiger partial charge is 0.491 e. The van der Waals surface area contributed by atoms with Gasteiger partial charge in [0.25, 0.3) is 0 Å². The summed E-state index contributed by atoms with van der Waals surface area (Å²) in [5.41, 5.74) is 6.24. The van der Waals surface area contributed by atoms with Crippen LogP contribution in [0.2, 0.25) is 0 Å². The van der Waals surface area contributed by atoms with E-state index in [1.807, 2.05) is 13.8 Å². The summed E-state index contributed by atoms with van der Waals surface area (Å²) in [5.74, 6) is 0.947. The molecular weight excluding hydrogens is 178 g/mol. The molecule has 3 heteroatoms. The van der Waals surface area contributed by atoms with Crippen molar-refractivity contribution < 1.29 is 9.84 Å². The van der Waals surface area contributed by atoms with Crippen LogP contribution in [0.4, 0.5) is 5.69 Å². The summed E-state index contributed by atoms with van der Waals surface area (Å²) in [5, 5.41) is 9.49. The van der Waals surface area contributed by atoms with Crippen molar-refractivity contribution in [1.29, 1.82) is 0 Å². The van der Waals surface area contributed by atoms with Gasteiger partial charge in [0, 0.05) is 5.69 Å². The van der Waals surface area contributed by atoms with Crippen molar-refractivity contribution >= 4 is 5.69 Å². The molecule has 0 aliphatic carbocycles. The summed E-state index contributed by atoms with van der Waals surface area (Å²) in [6.45, 7) is 4.23. The minimum atomic E-state index is -0.424. The van der Waals surface area contributed by atoms with Crippen LogP contribution in [0.25, 0.3) is 0 Å². The summed E-state index contributed by atoms with van der Waals surface area (Å²) in [4.78, 5) is 0. The topological polar surface area (TPSA) is 55.5 Å². The highest BCUT2D eigenvalue weighted by atomic mass is 16.5. The summed E-state index contributed by atoms with van der Waals surface area (Å²) in [7, 11) is 0. The minimum Gasteiger partial charge on any atom is -0.491 e. The Morgan fingerprint density at radius 2 is 1.86 bits per heavy atom. The molecule has 3 nitrogen and oxygen atoms in total. The van der Waals surface area contributed by atoms with Crippen LogP contribution in [0.5, 0.6) is 5.75 Å². The average Bonchev–Trinajstić information content (AvgIpc) is 2.16. The third-order valence-electron chi connectivity index (χ3n) is 2.07. The van der Waals surface area contributed by atoms with E-state index in [0.29, 0.717) is 12.3 Å². The normalized spacial score (nSPS) is 12.9. The third kappa shape index (κ3) is 3.26. The maximum atomic E-state index is 9.49. The monoisotopic (exact) mass is 195 g/mol. The molecule has 1 aromatic rings. The van der Waals surface area contributed by atoms with Crippen molar-refractivity contribution in [2.45, 2.75) is 20.0 Å². The number of nitrogens with two attached hydrogens (primary N) is 1. The Kier molecular flexibility index (Phi) is 3.77. The maximum Gasteiger partial charge on any atom is 0.119 e. The summed E-state index contributed by atoms with van der Waals surface area (Å²) in [6.07, 6.45) is -0.424. The Morgan fingerprint density at radius 1 is 1.29 bits per heavy atom. The fourth-order valence-corrected chi connectivity index (χ4v) is 0.938. The summed E-state index contributed by atoms with van der Waals surface area (Å²) >= 11 is 0. The Morgan fingerprint density at radius 3 is 2.36 bits per heavy atom. The van der Waals surface area contributed by atoms with Gasteiger partial charge >= 0.3 is 0 Å². The van der Waals surface area contributed by atoms with E-state index in [1.165, 1.54) is 0 Å². The number of anilines is 1. The van der Waals surface area contributed by atoms with Gasteiger partial charge in [0.05, 0.1) is 6.10 Å². The molecule has 0 radical (unpaired) electrons. The number of aliphatic hydroxyl groups is 1. The lowest BCUT2D eigenvalue weighted by Gasteiger charge is -2.15. The average molecular weight is 195 g/mol. The van der Waals surface area contributed by atoms with Gasteiger partial charge in [0.15, 0.2) is 0 Å². The SMILES string of the molecule is CC(C)[C@H](O)COc1ccc(N)cc1. The zero-order valence-corrected chi connectivity index (χ0v) is 8.60. The molecule has 0 heterocycles. The van der Waals surface area contributed by atoms with Crippen molar-refractivity contribution in [2.75, 3.05) is 12.3 Å². The predicted molar refractivity (Wildman–Crippen MR) is 57.2 cm³/mol. The fourth-order valence-electron chi connectivity index (χ4n) is 0.938. The molecule has 1 rings (SSSR count). The van der Waals surface area contributed by atoms with Crippen LogP contribution in [-0.4, -0.2) is 17.8 Å². The van der Waals surface area contributed by atoms with Gasteiger partial charge in [-0.1, -0.05) is 13.8 Å². The zero-order chi connectivity index (χ0) is 10.6. The van der Waals surface area contributed by atoms with Crippen molar-refractivity contribution in [3.8, 4) is 5.75 Å². The lowest BCUT2D eigenvalue weighted by atomic mass is 10.1. The molecule has 1 atom stereocenters. The summed E-state index contributed by atoms with van der Waals surface area (Å²) in [6, 6.07) is 7.14. The van der Waals surface area contributed by atoms with Crippen LogP contribution in [0.1, 0.15) is 13.8 Å². The first kappa shape index (κ1) is 10.9. The molecule has 1 aromatic carbocycles. The van der Waals surface area contributed by atoms with Gasteiger partial charge < -0.3 is 15.6 Å². The van der Waals surface area contributed by atoms with Crippen LogP contribution in [0, 0.1) is 5.92 Å². The number of hydrogen-bond donors (Lipinski definition) is 2. The van der Waals surface area contributed by atoms with Crippen molar-refractivity contribution in [3.63, 3.8) is 0 Å². The van der Waals surface area contributed by atoms with Crippen molar-refractivity contribution in [2.24, 2.45) is 5.92 Å². The van der Waals surface area contributed by atoms with E-state index in [4.69, 9.17) is 10.5 Å². The van der Waals surface area contributed by atoms with Gasteiger partial charge in [-0.05, 0) is 30.2 Å². The van der Waals surface area contributed by atoms with Gasteiger partial charge in [-0.25, -0.2) is 0 Å². The Balaban J connectivity index is 2.42. The molecule has 0 saturated heterocycles. The van der Waals surface area contributed by atoms with Gasteiger partial charge in [-0.15, -0.1) is 0 Å². The van der Waals surface area contributed by atoms with Gasteiger partial charge in [-0.3, -0.25) is 0 Å². The first-order chi connectivity index (χ1) is 6.59. The second-order valence-corrected chi connectivity index (χ2v) is 3.69. The van der Waals surface area contributed by atoms with Gasteiger partial charge in [-0.2, -0.15) is 0 Å². The summed E-state index contributed by atoms with van der Waals surface area (Å²) < 4.78 is 5.38. The van der Waals surface area contributed by atoms with Crippen LogP contribution in [0.3, 0.4) is 0 Å². The fraction of sp³-hybridized carbons (Fsp3) is 0.455. The molecule has 0 unspecified atom stereocenters. The predicted octanol–water partition coefficient (Wildman–Crippen LogP) is 1.66. The van der Waals surface area contributed by atoms with E-state index >= 15 is 0 Å². The Labute approximate surface area is 84.5 Å². The standard InChI is InChI=1S/C11H17NO2/c1-8(2)11(13)7-14-10-5-3-9(12)4-6-10/h3-6,8,11,13H,7,12H2,1-2H3/t11-/m1/s1. The van der Waals surface area contributed by atoms with E-state index < -0.39 is 6.10 Å². The Hall–Kier alpha value is -1.22. The van der Waals surface area contributed by atoms with Crippen LogP contribution < -0.4 is 10.5 Å². The highest BCUT2D eigenvalue weighted by Gasteiger charge is 2.09. The highest BCUT2D eigenvalue weighted by molar-refractivity contribution is 5.41. The molecule has 0 fully saturated rings. The van der Waals surface area contributed by atoms with E-state index in [1.54, 1.807) is 24.3 Å². The van der Waals surface area contributed by atoms with E-state index in [2.05, 4.69) is 0 Å². The molecule has 0 bridgehead atoms. The lowest BCUT2D eigenvalue weighted by molar-refractivity contribution is 0.0701. The van der Waals surface area contributed by atoms with Crippen LogP contribution >= 0.6 is 0 Å². The van der Waals surface area contributed by atoms with E-state index in [9.17, 15) is 5.11 Å². The van der Waals surface area contributed by atoms with Crippen LogP contribution in [-0.2, 0) is 0 Å². The highest BCUT2D eigenvalue weighted by Crippen LogP contribution is 2.14. The minimum absolute atomic E-state index is 0.212. The van der Waals surface area contributed by atoms with E-state index in [-0.39, 0.29) is 5.92 Å². The van der Waals surface area contributed by atoms with E-state index in [0.717, 1.165) is 5.75 Å². The molecular formula is C11H17NO2. The Bertz CT molecular complexity index is 269. The zero-order valence-electron chi connectivity index (χ0n) is 8.60. The first-order valence-corrected chi connectivity index (χ1v) is 4.76. The number of aliphatic hydroxyl groups excluding tert-OH is 1. The number of ether oxygens (including phenoxy) is 1. The smallest absolute Gasteiger partial charge is 0.119 e. The van der Waals surface area contributed by atoms with Crippen molar-refractivity contribution in [3.05, 3.63) is 24.3 Å². The second-order valence-electron chi connectivity index (χ2n) is 3.69. The van der Waals surface area contributed by atoms with Crippen molar-refractivity contribution in [1.82, 2.24) is 0 Å². The molecule has 3 N–H and O–H groups in total. The molecule has 78 valence electrons. The second kappa shape index (κ2) is 4.86. The van der Waals surface area contributed by atoms with Gasteiger partial charge in [0.1, 0.15) is 12.4 Å². The lowest BCUT2D eigenvalue weighted by Crippen LogP contribution is -2.23. The van der Waals surface area contributed by atoms with Gasteiger partial charge in [0.2, 0.25) is 0 Å². The molecule has 0 saturated carbocycles. The molecule has 0 amide bonds. The first-order valence-electron chi connectivity index (χ1n) is 4.76. The number of nitrogen functional groups attached to an aromatic ring is 1.